The number of hydrogen-bond donors (Lipinski definition) is 0. The van der Waals surface area contributed by atoms with Gasteiger partial charge in [-0.1, -0.05) is 26.0 Å². The van der Waals surface area contributed by atoms with Gasteiger partial charge >= 0.3 is 0 Å². The molecule has 0 bridgehead atoms. The first-order valence-corrected chi connectivity index (χ1v) is 8.09. The molecule has 2 aromatic heterocycles. The fraction of sp³-hybridized carbons (Fsp3) is 0.300. The van der Waals surface area contributed by atoms with Crippen molar-refractivity contribution in [2.45, 2.75) is 33.1 Å². The Morgan fingerprint density at radius 3 is 3.00 bits per heavy atom. The SMILES string of the molecule is CC1(C)CCc2c(cncc2-c2cn(-c3c[c]ccc3)cn2)C1. The Labute approximate surface area is 137 Å². The Morgan fingerprint density at radius 1 is 1.26 bits per heavy atom. The summed E-state index contributed by atoms with van der Waals surface area (Å²) in [6, 6.07) is 11.0. The molecule has 1 aliphatic rings. The zero-order valence-electron chi connectivity index (χ0n) is 13.6. The second-order valence-corrected chi connectivity index (χ2v) is 7.09. The van der Waals surface area contributed by atoms with E-state index < -0.39 is 0 Å². The molecule has 0 saturated carbocycles. The quantitative estimate of drug-likeness (QED) is 0.708. The maximum absolute atomic E-state index is 4.62. The summed E-state index contributed by atoms with van der Waals surface area (Å²) in [6.45, 7) is 4.67. The van der Waals surface area contributed by atoms with Gasteiger partial charge in [-0.15, -0.1) is 0 Å². The van der Waals surface area contributed by atoms with E-state index in [1.807, 2.05) is 41.5 Å². The lowest BCUT2D eigenvalue weighted by molar-refractivity contribution is 0.315. The molecule has 1 radical (unpaired) electrons. The lowest BCUT2D eigenvalue weighted by Crippen LogP contribution is -2.22. The molecule has 0 fully saturated rings. The highest BCUT2D eigenvalue weighted by Crippen LogP contribution is 2.38. The Hall–Kier alpha value is -2.42. The van der Waals surface area contributed by atoms with Crippen LogP contribution < -0.4 is 0 Å². The molecule has 23 heavy (non-hydrogen) atoms. The van der Waals surface area contributed by atoms with Crippen LogP contribution in [-0.4, -0.2) is 14.5 Å². The smallest absolute Gasteiger partial charge is 0.0999 e. The number of fused-ring (bicyclic) bond motifs is 1. The predicted molar refractivity (Wildman–Crippen MR) is 91.4 cm³/mol. The third-order valence-electron chi connectivity index (χ3n) is 4.71. The van der Waals surface area contributed by atoms with Crippen molar-refractivity contribution < 1.29 is 0 Å². The minimum atomic E-state index is 0.368. The highest BCUT2D eigenvalue weighted by Gasteiger charge is 2.27. The maximum Gasteiger partial charge on any atom is 0.0999 e. The number of rotatable bonds is 2. The molecular formula is C20H20N3. The number of benzene rings is 1. The Balaban J connectivity index is 1.74. The van der Waals surface area contributed by atoms with E-state index in [-0.39, 0.29) is 0 Å². The van der Waals surface area contributed by atoms with E-state index in [1.165, 1.54) is 23.1 Å². The van der Waals surface area contributed by atoms with Crippen LogP contribution in [-0.2, 0) is 12.8 Å². The molecule has 0 aliphatic heterocycles. The molecule has 0 N–H and O–H groups in total. The first-order chi connectivity index (χ1) is 11.1. The first kappa shape index (κ1) is 14.2. The molecule has 0 unspecified atom stereocenters. The molecule has 4 rings (SSSR count). The van der Waals surface area contributed by atoms with E-state index in [1.54, 1.807) is 0 Å². The van der Waals surface area contributed by atoms with E-state index in [0.29, 0.717) is 5.41 Å². The van der Waals surface area contributed by atoms with Gasteiger partial charge in [0.25, 0.3) is 0 Å². The standard InChI is InChI=1S/C20H20N3/c1-20(2)9-8-17-15(10-20)11-21-12-18(17)19-13-23(14-22-19)16-6-4-3-5-7-16/h3-4,6-7,11-14H,8-10H2,1-2H3. The molecule has 3 aromatic rings. The van der Waals surface area contributed by atoms with Crippen LogP contribution in [0.2, 0.25) is 0 Å². The van der Waals surface area contributed by atoms with E-state index in [0.717, 1.165) is 24.2 Å². The van der Waals surface area contributed by atoms with E-state index in [4.69, 9.17) is 0 Å². The van der Waals surface area contributed by atoms with E-state index in [9.17, 15) is 0 Å². The lowest BCUT2D eigenvalue weighted by Gasteiger charge is -2.31. The van der Waals surface area contributed by atoms with Gasteiger partial charge in [0.05, 0.1) is 12.0 Å². The second-order valence-electron chi connectivity index (χ2n) is 7.09. The minimum absolute atomic E-state index is 0.368. The van der Waals surface area contributed by atoms with Crippen LogP contribution in [0.1, 0.15) is 31.4 Å². The average Bonchev–Trinajstić information content (AvgIpc) is 3.04. The topological polar surface area (TPSA) is 30.7 Å². The van der Waals surface area contributed by atoms with Crippen molar-refractivity contribution in [2.24, 2.45) is 5.41 Å². The molecule has 0 atom stereocenters. The number of aromatic nitrogens is 3. The highest BCUT2D eigenvalue weighted by atomic mass is 15.0. The van der Waals surface area contributed by atoms with Gasteiger partial charge in [-0.2, -0.15) is 0 Å². The van der Waals surface area contributed by atoms with Crippen molar-refractivity contribution in [1.29, 1.82) is 0 Å². The molecule has 3 heteroatoms. The van der Waals surface area contributed by atoms with Gasteiger partial charge in [-0.05, 0) is 54.0 Å². The predicted octanol–water partition coefficient (Wildman–Crippen LogP) is 4.25. The highest BCUT2D eigenvalue weighted by molar-refractivity contribution is 5.64. The molecular weight excluding hydrogens is 282 g/mol. The third kappa shape index (κ3) is 2.67. The molecule has 0 saturated heterocycles. The van der Waals surface area contributed by atoms with Crippen LogP contribution in [0.5, 0.6) is 0 Å². The maximum atomic E-state index is 4.62. The van der Waals surface area contributed by atoms with Crippen molar-refractivity contribution in [1.82, 2.24) is 14.5 Å². The molecule has 0 amide bonds. The minimum Gasteiger partial charge on any atom is -0.306 e. The van der Waals surface area contributed by atoms with Gasteiger partial charge in [0.15, 0.2) is 0 Å². The van der Waals surface area contributed by atoms with E-state index in [2.05, 4.69) is 42.1 Å². The molecule has 0 spiro atoms. The lowest BCUT2D eigenvalue weighted by atomic mass is 9.74. The summed E-state index contributed by atoms with van der Waals surface area (Å²) in [4.78, 5) is 9.08. The monoisotopic (exact) mass is 302 g/mol. The Kier molecular flexibility index (Phi) is 3.29. The van der Waals surface area contributed by atoms with Gasteiger partial charge < -0.3 is 4.57 Å². The van der Waals surface area contributed by atoms with Crippen LogP contribution in [0.25, 0.3) is 16.9 Å². The summed E-state index contributed by atoms with van der Waals surface area (Å²) in [7, 11) is 0. The largest absolute Gasteiger partial charge is 0.306 e. The van der Waals surface area contributed by atoms with Gasteiger partial charge in [-0.25, -0.2) is 4.98 Å². The summed E-state index contributed by atoms with van der Waals surface area (Å²) in [6.07, 6.45) is 11.4. The summed E-state index contributed by atoms with van der Waals surface area (Å²) in [5.74, 6) is 0. The zero-order valence-corrected chi connectivity index (χ0v) is 13.6. The summed E-state index contributed by atoms with van der Waals surface area (Å²) in [5.41, 5.74) is 6.41. The fourth-order valence-corrected chi connectivity index (χ4v) is 3.41. The molecule has 1 aromatic carbocycles. The second kappa shape index (κ2) is 5.34. The number of imidazole rings is 1. The summed E-state index contributed by atoms with van der Waals surface area (Å²) >= 11 is 0. The van der Waals surface area contributed by atoms with Crippen molar-refractivity contribution in [3.63, 3.8) is 0 Å². The van der Waals surface area contributed by atoms with Crippen LogP contribution in [0.4, 0.5) is 0 Å². The normalized spacial score (nSPS) is 16.1. The molecule has 1 aliphatic carbocycles. The average molecular weight is 302 g/mol. The van der Waals surface area contributed by atoms with Crippen LogP contribution in [0.3, 0.4) is 0 Å². The van der Waals surface area contributed by atoms with Gasteiger partial charge in [0.2, 0.25) is 0 Å². The third-order valence-corrected chi connectivity index (χ3v) is 4.71. The molecule has 3 nitrogen and oxygen atoms in total. The summed E-state index contributed by atoms with van der Waals surface area (Å²) in [5, 5.41) is 0. The van der Waals surface area contributed by atoms with Crippen LogP contribution in [0.15, 0.2) is 49.2 Å². The van der Waals surface area contributed by atoms with Crippen molar-refractivity contribution in [3.05, 3.63) is 66.4 Å². The number of pyridine rings is 1. The zero-order chi connectivity index (χ0) is 15.9. The van der Waals surface area contributed by atoms with Crippen molar-refractivity contribution in [3.8, 4) is 16.9 Å². The van der Waals surface area contributed by atoms with Gasteiger partial charge in [0, 0.05) is 29.8 Å². The Bertz CT molecular complexity index is 831. The van der Waals surface area contributed by atoms with Crippen molar-refractivity contribution in [2.75, 3.05) is 0 Å². The number of hydrogen-bond acceptors (Lipinski definition) is 2. The number of nitrogens with zero attached hydrogens (tertiary/aromatic N) is 3. The van der Waals surface area contributed by atoms with Crippen molar-refractivity contribution >= 4 is 0 Å². The summed E-state index contributed by atoms with van der Waals surface area (Å²) < 4.78 is 2.04. The van der Waals surface area contributed by atoms with E-state index >= 15 is 0 Å². The Morgan fingerprint density at radius 2 is 2.17 bits per heavy atom. The molecule has 2 heterocycles. The molecule has 115 valence electrons. The first-order valence-electron chi connectivity index (χ1n) is 8.09. The van der Waals surface area contributed by atoms with Crippen LogP contribution in [0, 0.1) is 11.5 Å². The van der Waals surface area contributed by atoms with Gasteiger partial charge in [0.1, 0.15) is 0 Å². The van der Waals surface area contributed by atoms with Gasteiger partial charge in [-0.3, -0.25) is 4.98 Å². The fourth-order valence-electron chi connectivity index (χ4n) is 3.41. The van der Waals surface area contributed by atoms with Crippen LogP contribution >= 0.6 is 0 Å².